The van der Waals surface area contributed by atoms with E-state index in [1.807, 2.05) is 35.1 Å². The Balaban J connectivity index is 1.38. The van der Waals surface area contributed by atoms with E-state index in [9.17, 15) is 0 Å². The predicted octanol–water partition coefficient (Wildman–Crippen LogP) is 3.72. The smallest absolute Gasteiger partial charge is 0.130 e. The summed E-state index contributed by atoms with van der Waals surface area (Å²) in [6.45, 7) is 4.20. The number of rotatable bonds is 7. The van der Waals surface area contributed by atoms with Gasteiger partial charge in [-0.05, 0) is 61.6 Å². The Morgan fingerprint density at radius 1 is 1.18 bits per heavy atom. The van der Waals surface area contributed by atoms with Gasteiger partial charge in [0, 0.05) is 25.4 Å². The lowest BCUT2D eigenvalue weighted by atomic mass is 10.0. The maximum Gasteiger partial charge on any atom is 0.130 e. The van der Waals surface area contributed by atoms with E-state index in [-0.39, 0.29) is 6.10 Å². The number of ether oxygens (including phenoxy) is 2. The molecule has 0 bridgehead atoms. The highest BCUT2D eigenvalue weighted by molar-refractivity contribution is 5.37. The van der Waals surface area contributed by atoms with Gasteiger partial charge in [-0.3, -0.25) is 4.98 Å². The maximum absolute atomic E-state index is 5.91. The van der Waals surface area contributed by atoms with Crippen LogP contribution in [0.3, 0.4) is 0 Å². The first kappa shape index (κ1) is 18.6. The molecule has 0 saturated carbocycles. The number of aryl methyl sites for hydroxylation is 1. The summed E-state index contributed by atoms with van der Waals surface area (Å²) in [5, 5.41) is 8.63. The molecule has 6 heteroatoms. The van der Waals surface area contributed by atoms with Crippen molar-refractivity contribution in [1.29, 1.82) is 0 Å². The average Bonchev–Trinajstić information content (AvgIpc) is 3.17. The first-order valence-electron chi connectivity index (χ1n) is 9.89. The van der Waals surface area contributed by atoms with Crippen LogP contribution >= 0.6 is 0 Å². The fraction of sp³-hybridized carbons (Fsp3) is 0.409. The molecule has 28 heavy (non-hydrogen) atoms. The Hall–Kier alpha value is -2.73. The zero-order valence-electron chi connectivity index (χ0n) is 16.3. The van der Waals surface area contributed by atoms with Crippen molar-refractivity contribution in [1.82, 2.24) is 20.0 Å². The minimum absolute atomic E-state index is 0.258. The molecule has 1 saturated heterocycles. The van der Waals surface area contributed by atoms with Crippen LogP contribution in [0.2, 0.25) is 0 Å². The van der Waals surface area contributed by atoms with E-state index >= 15 is 0 Å². The lowest BCUT2D eigenvalue weighted by Crippen LogP contribution is -2.24. The highest BCUT2D eigenvalue weighted by atomic mass is 16.5. The SMILES string of the molecule is Cc1ccc(OCc2ccccn2)cc1Cc1cn(CC2CCCCO2)nn1. The summed E-state index contributed by atoms with van der Waals surface area (Å²) < 4.78 is 13.6. The van der Waals surface area contributed by atoms with Crippen molar-refractivity contribution in [3.8, 4) is 5.75 Å². The van der Waals surface area contributed by atoms with Gasteiger partial charge >= 0.3 is 0 Å². The van der Waals surface area contributed by atoms with Crippen molar-refractivity contribution in [3.63, 3.8) is 0 Å². The third kappa shape index (κ3) is 4.95. The highest BCUT2D eigenvalue weighted by Crippen LogP contribution is 2.21. The number of pyridine rings is 1. The van der Waals surface area contributed by atoms with Gasteiger partial charge in [-0.25, -0.2) is 4.68 Å². The van der Waals surface area contributed by atoms with Crippen LogP contribution in [0.15, 0.2) is 48.8 Å². The minimum Gasteiger partial charge on any atom is -0.487 e. The van der Waals surface area contributed by atoms with Crippen molar-refractivity contribution in [3.05, 3.63) is 71.3 Å². The number of nitrogens with zero attached hydrogens (tertiary/aromatic N) is 4. The van der Waals surface area contributed by atoms with E-state index < -0.39 is 0 Å². The molecule has 1 aliphatic heterocycles. The van der Waals surface area contributed by atoms with Gasteiger partial charge in [-0.2, -0.15) is 0 Å². The fourth-order valence-electron chi connectivity index (χ4n) is 3.43. The molecular formula is C22H26N4O2. The van der Waals surface area contributed by atoms with Crippen LogP contribution in [0.25, 0.3) is 0 Å². The molecule has 1 unspecified atom stereocenters. The minimum atomic E-state index is 0.258. The average molecular weight is 378 g/mol. The van der Waals surface area contributed by atoms with Gasteiger partial charge in [0.15, 0.2) is 0 Å². The number of benzene rings is 1. The standard InChI is InChI=1S/C22H26N4O2/c1-17-8-9-21(28-16-19-6-2-4-10-23-19)13-18(17)12-20-14-26(25-24-20)15-22-7-3-5-11-27-22/h2,4,6,8-10,13-14,22H,3,5,7,11-12,15-16H2,1H3. The molecule has 1 fully saturated rings. The molecule has 3 aromatic rings. The van der Waals surface area contributed by atoms with E-state index in [1.54, 1.807) is 6.20 Å². The second-order valence-corrected chi connectivity index (χ2v) is 7.30. The molecule has 0 N–H and O–H groups in total. The molecule has 2 aromatic heterocycles. The van der Waals surface area contributed by atoms with Gasteiger partial charge in [0.25, 0.3) is 0 Å². The Bertz CT molecular complexity index is 889. The summed E-state index contributed by atoms with van der Waals surface area (Å²) in [5.41, 5.74) is 4.29. The van der Waals surface area contributed by atoms with Crippen LogP contribution in [0, 0.1) is 6.92 Å². The van der Waals surface area contributed by atoms with E-state index in [2.05, 4.69) is 34.4 Å². The van der Waals surface area contributed by atoms with Crippen LogP contribution < -0.4 is 4.74 Å². The first-order valence-corrected chi connectivity index (χ1v) is 9.89. The van der Waals surface area contributed by atoms with Crippen LogP contribution in [0.1, 0.15) is 41.8 Å². The fourth-order valence-corrected chi connectivity index (χ4v) is 3.43. The van der Waals surface area contributed by atoms with Crippen LogP contribution in [0.4, 0.5) is 0 Å². The van der Waals surface area contributed by atoms with Gasteiger partial charge < -0.3 is 9.47 Å². The molecule has 0 amide bonds. The van der Waals surface area contributed by atoms with Gasteiger partial charge in [-0.1, -0.05) is 17.3 Å². The summed E-state index contributed by atoms with van der Waals surface area (Å²) >= 11 is 0. The second-order valence-electron chi connectivity index (χ2n) is 7.30. The Morgan fingerprint density at radius 3 is 2.96 bits per heavy atom. The molecule has 3 heterocycles. The molecule has 6 nitrogen and oxygen atoms in total. The van der Waals surface area contributed by atoms with Gasteiger partial charge in [0.2, 0.25) is 0 Å². The van der Waals surface area contributed by atoms with Gasteiger partial charge in [0.1, 0.15) is 12.4 Å². The van der Waals surface area contributed by atoms with Crippen molar-refractivity contribution < 1.29 is 9.47 Å². The second kappa shape index (κ2) is 8.97. The number of hydrogen-bond acceptors (Lipinski definition) is 5. The summed E-state index contributed by atoms with van der Waals surface area (Å²) in [4.78, 5) is 4.30. The summed E-state index contributed by atoms with van der Waals surface area (Å²) in [6, 6.07) is 12.0. The lowest BCUT2D eigenvalue weighted by Gasteiger charge is -2.21. The molecule has 1 aliphatic rings. The first-order chi connectivity index (χ1) is 13.8. The zero-order valence-corrected chi connectivity index (χ0v) is 16.3. The summed E-state index contributed by atoms with van der Waals surface area (Å²) in [6.07, 6.45) is 8.30. The molecule has 0 aliphatic carbocycles. The Kier molecular flexibility index (Phi) is 5.97. The summed E-state index contributed by atoms with van der Waals surface area (Å²) in [5.74, 6) is 0.842. The quantitative estimate of drug-likeness (QED) is 0.627. The monoisotopic (exact) mass is 378 g/mol. The van der Waals surface area contributed by atoms with Gasteiger partial charge in [0.05, 0.1) is 24.0 Å². The summed E-state index contributed by atoms with van der Waals surface area (Å²) in [7, 11) is 0. The predicted molar refractivity (Wildman–Crippen MR) is 106 cm³/mol. The van der Waals surface area contributed by atoms with E-state index in [0.717, 1.165) is 49.6 Å². The largest absolute Gasteiger partial charge is 0.487 e. The van der Waals surface area contributed by atoms with E-state index in [4.69, 9.17) is 9.47 Å². The van der Waals surface area contributed by atoms with Crippen LogP contribution in [0.5, 0.6) is 5.75 Å². The molecule has 1 aromatic carbocycles. The van der Waals surface area contributed by atoms with Gasteiger partial charge in [-0.15, -0.1) is 5.10 Å². The highest BCUT2D eigenvalue weighted by Gasteiger charge is 2.15. The van der Waals surface area contributed by atoms with Crippen molar-refractivity contribution in [2.75, 3.05) is 6.61 Å². The van der Waals surface area contributed by atoms with Crippen molar-refractivity contribution >= 4 is 0 Å². The zero-order chi connectivity index (χ0) is 19.2. The third-order valence-corrected chi connectivity index (χ3v) is 5.06. The van der Waals surface area contributed by atoms with E-state index in [1.165, 1.54) is 17.5 Å². The molecular weight excluding hydrogens is 352 g/mol. The lowest BCUT2D eigenvalue weighted by molar-refractivity contribution is 0.00370. The van der Waals surface area contributed by atoms with Crippen molar-refractivity contribution in [2.45, 2.75) is 51.9 Å². The van der Waals surface area contributed by atoms with Crippen molar-refractivity contribution in [2.24, 2.45) is 0 Å². The van der Waals surface area contributed by atoms with E-state index in [0.29, 0.717) is 6.61 Å². The molecule has 0 radical (unpaired) electrons. The van der Waals surface area contributed by atoms with Crippen LogP contribution in [-0.2, 0) is 24.3 Å². The molecule has 4 rings (SSSR count). The topological polar surface area (TPSA) is 62.1 Å². The molecule has 0 spiro atoms. The number of hydrogen-bond donors (Lipinski definition) is 0. The maximum atomic E-state index is 5.91. The molecule has 1 atom stereocenters. The number of aromatic nitrogens is 4. The Labute approximate surface area is 165 Å². The molecule has 146 valence electrons. The Morgan fingerprint density at radius 2 is 2.14 bits per heavy atom. The van der Waals surface area contributed by atoms with Crippen LogP contribution in [-0.4, -0.2) is 32.7 Å². The third-order valence-electron chi connectivity index (χ3n) is 5.06. The normalized spacial score (nSPS) is 16.8.